The van der Waals surface area contributed by atoms with Gasteiger partial charge in [-0.05, 0) is 46.4 Å². The van der Waals surface area contributed by atoms with Crippen LogP contribution in [-0.2, 0) is 6.54 Å². The maximum atomic E-state index is 5.59. The average molecular weight is 238 g/mol. The highest BCUT2D eigenvalue weighted by Gasteiger charge is 2.12. The Labute approximate surface area is 105 Å². The average Bonchev–Trinajstić information content (AvgIpc) is 2.70. The van der Waals surface area contributed by atoms with Crippen LogP contribution >= 0.6 is 0 Å². The van der Waals surface area contributed by atoms with E-state index in [9.17, 15) is 0 Å². The van der Waals surface area contributed by atoms with E-state index in [0.29, 0.717) is 12.1 Å². The molecule has 0 aromatic carbocycles. The number of nitrogens with zero attached hydrogens (tertiary/aromatic N) is 1. The summed E-state index contributed by atoms with van der Waals surface area (Å²) in [6.07, 6.45) is 1.17. The van der Waals surface area contributed by atoms with Crippen molar-refractivity contribution in [2.45, 2.75) is 52.7 Å². The third-order valence-corrected chi connectivity index (χ3v) is 3.33. The van der Waals surface area contributed by atoms with Crippen LogP contribution in [0, 0.1) is 6.92 Å². The van der Waals surface area contributed by atoms with Gasteiger partial charge in [0.25, 0.3) is 0 Å². The Morgan fingerprint density at radius 2 is 2.06 bits per heavy atom. The second-order valence-electron chi connectivity index (χ2n) is 4.99. The molecule has 0 saturated heterocycles. The Morgan fingerprint density at radius 3 is 2.59 bits per heavy atom. The van der Waals surface area contributed by atoms with E-state index >= 15 is 0 Å². The summed E-state index contributed by atoms with van der Waals surface area (Å²) in [5.41, 5.74) is 0. The predicted octanol–water partition coefficient (Wildman–Crippen LogP) is 2.80. The van der Waals surface area contributed by atoms with Crippen LogP contribution in [0.5, 0.6) is 0 Å². The van der Waals surface area contributed by atoms with Gasteiger partial charge in [-0.3, -0.25) is 4.90 Å². The van der Waals surface area contributed by atoms with Gasteiger partial charge >= 0.3 is 0 Å². The Morgan fingerprint density at radius 1 is 1.35 bits per heavy atom. The first-order valence-electron chi connectivity index (χ1n) is 6.51. The van der Waals surface area contributed by atoms with Crippen LogP contribution in [0.2, 0.25) is 0 Å². The second kappa shape index (κ2) is 6.82. The molecule has 1 aromatic heterocycles. The van der Waals surface area contributed by atoms with Gasteiger partial charge in [-0.2, -0.15) is 0 Å². The quantitative estimate of drug-likeness (QED) is 0.792. The minimum atomic E-state index is 0.509. The molecule has 0 radical (unpaired) electrons. The van der Waals surface area contributed by atoms with Gasteiger partial charge in [-0.25, -0.2) is 0 Å². The maximum Gasteiger partial charge on any atom is 0.118 e. The monoisotopic (exact) mass is 238 g/mol. The molecule has 3 nitrogen and oxygen atoms in total. The molecule has 0 saturated carbocycles. The van der Waals surface area contributed by atoms with Gasteiger partial charge in [0, 0.05) is 18.6 Å². The molecule has 0 aliphatic heterocycles. The smallest absolute Gasteiger partial charge is 0.118 e. The van der Waals surface area contributed by atoms with Gasteiger partial charge in [0.1, 0.15) is 11.5 Å². The van der Waals surface area contributed by atoms with Crippen LogP contribution in [0.4, 0.5) is 0 Å². The van der Waals surface area contributed by atoms with Gasteiger partial charge in [0.15, 0.2) is 0 Å². The largest absolute Gasteiger partial charge is 0.465 e. The maximum absolute atomic E-state index is 5.59. The summed E-state index contributed by atoms with van der Waals surface area (Å²) in [5.74, 6) is 2.03. The van der Waals surface area contributed by atoms with E-state index in [-0.39, 0.29) is 0 Å². The SMILES string of the molecule is CCC(C)NCC(C)N(C)Cc1ccc(C)o1. The summed E-state index contributed by atoms with van der Waals surface area (Å²) in [6, 6.07) is 5.18. The number of rotatable bonds is 7. The zero-order valence-corrected chi connectivity index (χ0v) is 11.8. The molecule has 0 bridgehead atoms. The molecule has 0 amide bonds. The van der Waals surface area contributed by atoms with Crippen molar-refractivity contribution in [3.05, 3.63) is 23.7 Å². The molecular weight excluding hydrogens is 212 g/mol. The van der Waals surface area contributed by atoms with Crippen molar-refractivity contribution in [3.8, 4) is 0 Å². The van der Waals surface area contributed by atoms with Gasteiger partial charge in [-0.1, -0.05) is 6.92 Å². The fourth-order valence-corrected chi connectivity index (χ4v) is 1.64. The summed E-state index contributed by atoms with van der Waals surface area (Å²) >= 11 is 0. The minimum Gasteiger partial charge on any atom is -0.465 e. The first kappa shape index (κ1) is 14.3. The van der Waals surface area contributed by atoms with E-state index in [0.717, 1.165) is 24.6 Å². The van der Waals surface area contributed by atoms with Crippen LogP contribution < -0.4 is 5.32 Å². The van der Waals surface area contributed by atoms with Crippen molar-refractivity contribution in [1.82, 2.24) is 10.2 Å². The lowest BCUT2D eigenvalue weighted by Crippen LogP contribution is -2.40. The van der Waals surface area contributed by atoms with E-state index in [1.807, 2.05) is 13.0 Å². The molecular formula is C14H26N2O. The molecule has 3 heteroatoms. The Kier molecular flexibility index (Phi) is 5.72. The highest BCUT2D eigenvalue weighted by atomic mass is 16.3. The first-order valence-corrected chi connectivity index (χ1v) is 6.51. The number of likely N-dealkylation sites (N-methyl/N-ethyl adjacent to an activating group) is 1. The second-order valence-corrected chi connectivity index (χ2v) is 4.99. The summed E-state index contributed by atoms with van der Waals surface area (Å²) in [4.78, 5) is 2.31. The highest BCUT2D eigenvalue weighted by Crippen LogP contribution is 2.10. The predicted molar refractivity (Wildman–Crippen MR) is 72.1 cm³/mol. The Hall–Kier alpha value is -0.800. The molecule has 2 atom stereocenters. The normalized spacial score (nSPS) is 15.2. The number of hydrogen-bond donors (Lipinski definition) is 1. The Balaban J connectivity index is 2.33. The van der Waals surface area contributed by atoms with Crippen molar-refractivity contribution in [1.29, 1.82) is 0 Å². The molecule has 17 heavy (non-hydrogen) atoms. The van der Waals surface area contributed by atoms with Crippen molar-refractivity contribution in [3.63, 3.8) is 0 Å². The van der Waals surface area contributed by atoms with Gasteiger partial charge < -0.3 is 9.73 Å². The molecule has 1 aromatic rings. The summed E-state index contributed by atoms with van der Waals surface area (Å²) in [7, 11) is 2.14. The lowest BCUT2D eigenvalue weighted by atomic mass is 10.2. The molecule has 1 N–H and O–H groups in total. The van der Waals surface area contributed by atoms with Crippen molar-refractivity contribution in [2.24, 2.45) is 0 Å². The molecule has 1 rings (SSSR count). The van der Waals surface area contributed by atoms with Crippen LogP contribution in [-0.4, -0.2) is 30.6 Å². The topological polar surface area (TPSA) is 28.4 Å². The van der Waals surface area contributed by atoms with Gasteiger partial charge in [-0.15, -0.1) is 0 Å². The van der Waals surface area contributed by atoms with E-state index in [1.165, 1.54) is 6.42 Å². The molecule has 2 unspecified atom stereocenters. The van der Waals surface area contributed by atoms with Gasteiger partial charge in [0.2, 0.25) is 0 Å². The lowest BCUT2D eigenvalue weighted by molar-refractivity contribution is 0.219. The number of furan rings is 1. The van der Waals surface area contributed by atoms with Gasteiger partial charge in [0.05, 0.1) is 6.54 Å². The summed E-state index contributed by atoms with van der Waals surface area (Å²) in [5, 5.41) is 3.53. The van der Waals surface area contributed by atoms with E-state index in [1.54, 1.807) is 0 Å². The van der Waals surface area contributed by atoms with E-state index < -0.39 is 0 Å². The number of nitrogens with one attached hydrogen (secondary N) is 1. The fourth-order valence-electron chi connectivity index (χ4n) is 1.64. The van der Waals surface area contributed by atoms with Crippen molar-refractivity contribution >= 4 is 0 Å². The van der Waals surface area contributed by atoms with Crippen molar-refractivity contribution < 1.29 is 4.42 Å². The zero-order valence-electron chi connectivity index (χ0n) is 11.8. The minimum absolute atomic E-state index is 0.509. The molecule has 0 fully saturated rings. The summed E-state index contributed by atoms with van der Waals surface area (Å²) < 4.78 is 5.59. The van der Waals surface area contributed by atoms with Crippen LogP contribution in [0.3, 0.4) is 0 Å². The number of hydrogen-bond acceptors (Lipinski definition) is 3. The Bertz CT molecular complexity index is 322. The standard InChI is InChI=1S/C14H26N2O/c1-6-11(2)15-9-12(3)16(5)10-14-8-7-13(4)17-14/h7-8,11-12,15H,6,9-10H2,1-5H3. The summed E-state index contributed by atoms with van der Waals surface area (Å²) in [6.45, 7) is 10.5. The fraction of sp³-hybridized carbons (Fsp3) is 0.714. The van der Waals surface area contributed by atoms with E-state index in [2.05, 4.69) is 44.1 Å². The third kappa shape index (κ3) is 4.92. The first-order chi connectivity index (χ1) is 8.02. The lowest BCUT2D eigenvalue weighted by Gasteiger charge is -2.25. The highest BCUT2D eigenvalue weighted by molar-refractivity contribution is 5.05. The molecule has 1 heterocycles. The van der Waals surface area contributed by atoms with Crippen LogP contribution in [0.1, 0.15) is 38.7 Å². The zero-order chi connectivity index (χ0) is 12.8. The molecule has 0 aliphatic carbocycles. The molecule has 98 valence electrons. The molecule has 0 spiro atoms. The molecule has 0 aliphatic rings. The van der Waals surface area contributed by atoms with Crippen LogP contribution in [0.15, 0.2) is 16.5 Å². The van der Waals surface area contributed by atoms with Crippen molar-refractivity contribution in [2.75, 3.05) is 13.6 Å². The van der Waals surface area contributed by atoms with E-state index in [4.69, 9.17) is 4.42 Å². The number of aryl methyl sites for hydroxylation is 1. The van der Waals surface area contributed by atoms with Crippen LogP contribution in [0.25, 0.3) is 0 Å². The third-order valence-electron chi connectivity index (χ3n) is 3.33.